The Morgan fingerprint density at radius 3 is 2.33 bits per heavy atom. The molecule has 5 nitrogen and oxygen atoms in total. The van der Waals surface area contributed by atoms with Crippen molar-refractivity contribution in [2.24, 2.45) is 0 Å². The fourth-order valence-electron chi connectivity index (χ4n) is 4.01. The maximum Gasteiger partial charge on any atom is 0.225 e. The third kappa shape index (κ3) is 3.89. The number of hydrogen-bond acceptors (Lipinski definition) is 5. The summed E-state index contributed by atoms with van der Waals surface area (Å²) in [6, 6.07) is 1.82. The average molecular weight is 332 g/mol. The second kappa shape index (κ2) is 7.79. The molecule has 3 rings (SSSR count). The lowest BCUT2D eigenvalue weighted by Gasteiger charge is -2.42. The van der Waals surface area contributed by atoms with E-state index in [1.165, 1.54) is 24.8 Å². The van der Waals surface area contributed by atoms with Gasteiger partial charge in [-0.05, 0) is 65.2 Å². The quantitative estimate of drug-likeness (QED) is 0.767. The van der Waals surface area contributed by atoms with Gasteiger partial charge in [0.25, 0.3) is 0 Å². The molecule has 0 aliphatic carbocycles. The minimum atomic E-state index is 0.593. The summed E-state index contributed by atoms with van der Waals surface area (Å²) in [7, 11) is 2.17. The molecule has 5 heteroatoms. The van der Waals surface area contributed by atoms with Crippen LogP contribution >= 0.6 is 0 Å². The molecule has 134 valence electrons. The van der Waals surface area contributed by atoms with E-state index in [2.05, 4.69) is 42.5 Å². The molecule has 2 fully saturated rings. The van der Waals surface area contributed by atoms with E-state index in [9.17, 15) is 0 Å². The number of nitrogens with zero attached hydrogens (tertiary/aromatic N) is 5. The van der Waals surface area contributed by atoms with E-state index in [1.807, 2.05) is 12.4 Å². The Morgan fingerprint density at radius 2 is 1.79 bits per heavy atom. The first kappa shape index (κ1) is 17.6. The topological polar surface area (TPSA) is 35.5 Å². The van der Waals surface area contributed by atoms with Gasteiger partial charge < -0.3 is 9.80 Å². The van der Waals surface area contributed by atoms with E-state index in [-0.39, 0.29) is 0 Å². The first-order valence-electron chi connectivity index (χ1n) is 9.60. The molecule has 2 aliphatic rings. The van der Waals surface area contributed by atoms with Gasteiger partial charge in [-0.1, -0.05) is 6.92 Å². The Kier molecular flexibility index (Phi) is 5.72. The molecule has 3 heterocycles. The van der Waals surface area contributed by atoms with Crippen molar-refractivity contribution in [2.75, 3.05) is 38.1 Å². The van der Waals surface area contributed by atoms with Crippen molar-refractivity contribution >= 4 is 5.95 Å². The van der Waals surface area contributed by atoms with Gasteiger partial charge in [0.1, 0.15) is 0 Å². The summed E-state index contributed by atoms with van der Waals surface area (Å²) < 4.78 is 0. The largest absolute Gasteiger partial charge is 0.332 e. The van der Waals surface area contributed by atoms with E-state index >= 15 is 0 Å². The Bertz CT molecular complexity index is 501. The van der Waals surface area contributed by atoms with Crippen molar-refractivity contribution in [3.8, 4) is 0 Å². The molecule has 2 bridgehead atoms. The minimum absolute atomic E-state index is 0.593. The summed E-state index contributed by atoms with van der Waals surface area (Å²) in [6.07, 6.45) is 8.89. The highest BCUT2D eigenvalue weighted by atomic mass is 15.4. The van der Waals surface area contributed by atoms with Crippen LogP contribution in [0.4, 0.5) is 5.95 Å². The van der Waals surface area contributed by atoms with Crippen LogP contribution in [-0.4, -0.2) is 71.1 Å². The van der Waals surface area contributed by atoms with E-state index in [4.69, 9.17) is 9.97 Å². The van der Waals surface area contributed by atoms with Crippen LogP contribution in [-0.2, 0) is 6.42 Å². The lowest BCUT2D eigenvalue weighted by atomic mass is 10.1. The van der Waals surface area contributed by atoms with Crippen molar-refractivity contribution < 1.29 is 0 Å². The number of likely N-dealkylation sites (tertiary alicyclic amines) is 1. The zero-order chi connectivity index (χ0) is 17.1. The van der Waals surface area contributed by atoms with Crippen LogP contribution in [0.2, 0.25) is 0 Å². The molecule has 0 N–H and O–H groups in total. The first-order chi connectivity index (χ1) is 11.6. The summed E-state index contributed by atoms with van der Waals surface area (Å²) in [4.78, 5) is 16.9. The van der Waals surface area contributed by atoms with Gasteiger partial charge in [0.15, 0.2) is 0 Å². The van der Waals surface area contributed by atoms with Crippen LogP contribution in [0.25, 0.3) is 0 Å². The molecule has 1 aromatic rings. The van der Waals surface area contributed by atoms with Gasteiger partial charge in [-0.25, -0.2) is 9.97 Å². The summed E-state index contributed by atoms with van der Waals surface area (Å²) in [5, 5.41) is 0. The highest BCUT2D eigenvalue weighted by molar-refractivity contribution is 5.37. The van der Waals surface area contributed by atoms with E-state index in [0.717, 1.165) is 38.5 Å². The van der Waals surface area contributed by atoms with Crippen LogP contribution in [0, 0.1) is 0 Å². The predicted molar refractivity (Wildman–Crippen MR) is 99.5 cm³/mol. The van der Waals surface area contributed by atoms with Gasteiger partial charge in [-0.15, -0.1) is 0 Å². The highest BCUT2D eigenvalue weighted by Crippen LogP contribution is 2.33. The summed E-state index contributed by atoms with van der Waals surface area (Å²) in [5.74, 6) is 0.945. The number of hydrogen-bond donors (Lipinski definition) is 0. The Labute approximate surface area is 147 Å². The number of anilines is 1. The number of aromatic nitrogens is 2. The fraction of sp³-hybridized carbons (Fsp3) is 0.789. The van der Waals surface area contributed by atoms with Gasteiger partial charge in [0, 0.05) is 43.6 Å². The number of piperazine rings is 1. The molecule has 24 heavy (non-hydrogen) atoms. The predicted octanol–water partition coefficient (Wildman–Crippen LogP) is 2.42. The maximum atomic E-state index is 4.71. The SMILES string of the molecule is CCN(C)CCCc1cnc(N2C3CCC2CN(C(C)C)C3)nc1. The van der Waals surface area contributed by atoms with Crippen molar-refractivity contribution in [1.29, 1.82) is 0 Å². The average Bonchev–Trinajstić information content (AvgIpc) is 2.84. The van der Waals surface area contributed by atoms with Crippen molar-refractivity contribution in [1.82, 2.24) is 19.8 Å². The summed E-state index contributed by atoms with van der Waals surface area (Å²) in [5.41, 5.74) is 1.26. The molecular formula is C19H33N5. The summed E-state index contributed by atoms with van der Waals surface area (Å²) in [6.45, 7) is 11.4. The highest BCUT2D eigenvalue weighted by Gasteiger charge is 2.41. The lowest BCUT2D eigenvalue weighted by Crippen LogP contribution is -2.56. The second-order valence-electron chi connectivity index (χ2n) is 7.73. The Morgan fingerprint density at radius 1 is 1.17 bits per heavy atom. The molecule has 0 saturated carbocycles. The van der Waals surface area contributed by atoms with Crippen molar-refractivity contribution in [2.45, 2.75) is 64.6 Å². The third-order valence-electron chi connectivity index (χ3n) is 5.71. The van der Waals surface area contributed by atoms with Crippen LogP contribution in [0.1, 0.15) is 45.6 Å². The molecular weight excluding hydrogens is 298 g/mol. The van der Waals surface area contributed by atoms with E-state index in [1.54, 1.807) is 0 Å². The van der Waals surface area contributed by atoms with E-state index in [0.29, 0.717) is 18.1 Å². The lowest BCUT2D eigenvalue weighted by molar-refractivity contribution is 0.176. The van der Waals surface area contributed by atoms with Crippen LogP contribution in [0.15, 0.2) is 12.4 Å². The second-order valence-corrected chi connectivity index (χ2v) is 7.73. The standard InChI is InChI=1S/C19H33N5/c1-5-22(4)10-6-7-16-11-20-19(21-12-16)24-17-8-9-18(24)14-23(13-17)15(2)3/h11-12,15,17-18H,5-10,13-14H2,1-4H3. The van der Waals surface area contributed by atoms with Crippen molar-refractivity contribution in [3.05, 3.63) is 18.0 Å². The van der Waals surface area contributed by atoms with Gasteiger partial charge >= 0.3 is 0 Å². The van der Waals surface area contributed by atoms with Gasteiger partial charge in [0.05, 0.1) is 0 Å². The molecule has 0 amide bonds. The zero-order valence-corrected chi connectivity index (χ0v) is 15.8. The third-order valence-corrected chi connectivity index (χ3v) is 5.71. The smallest absolute Gasteiger partial charge is 0.225 e. The minimum Gasteiger partial charge on any atom is -0.332 e. The summed E-state index contributed by atoms with van der Waals surface area (Å²) >= 11 is 0. The van der Waals surface area contributed by atoms with E-state index < -0.39 is 0 Å². The zero-order valence-electron chi connectivity index (χ0n) is 15.8. The molecule has 0 aromatic carbocycles. The maximum absolute atomic E-state index is 4.71. The van der Waals surface area contributed by atoms with Crippen LogP contribution < -0.4 is 4.90 Å². The number of aryl methyl sites for hydroxylation is 1. The monoisotopic (exact) mass is 331 g/mol. The Hall–Kier alpha value is -1.20. The molecule has 0 spiro atoms. The van der Waals surface area contributed by atoms with Gasteiger partial charge in [-0.3, -0.25) is 4.90 Å². The molecule has 1 aromatic heterocycles. The van der Waals surface area contributed by atoms with Crippen LogP contribution in [0.3, 0.4) is 0 Å². The van der Waals surface area contributed by atoms with Crippen LogP contribution in [0.5, 0.6) is 0 Å². The molecule has 0 radical (unpaired) electrons. The first-order valence-corrected chi connectivity index (χ1v) is 9.60. The Balaban J connectivity index is 1.58. The normalized spacial score (nSPS) is 24.3. The molecule has 2 unspecified atom stereocenters. The van der Waals surface area contributed by atoms with Crippen molar-refractivity contribution in [3.63, 3.8) is 0 Å². The molecule has 2 saturated heterocycles. The molecule has 2 atom stereocenters. The fourth-order valence-corrected chi connectivity index (χ4v) is 4.01. The molecule has 2 aliphatic heterocycles. The number of fused-ring (bicyclic) bond motifs is 2. The number of rotatable bonds is 7. The van der Waals surface area contributed by atoms with Gasteiger partial charge in [0.2, 0.25) is 5.95 Å². The van der Waals surface area contributed by atoms with Gasteiger partial charge in [-0.2, -0.15) is 0 Å².